The van der Waals surface area contributed by atoms with Crippen LogP contribution in [0.25, 0.3) is 0 Å². The lowest BCUT2D eigenvalue weighted by Gasteiger charge is -2.26. The van der Waals surface area contributed by atoms with Crippen LogP contribution in [-0.2, 0) is 0 Å². The van der Waals surface area contributed by atoms with E-state index in [9.17, 15) is 0 Å². The Hall–Kier alpha value is -1.05. The van der Waals surface area contributed by atoms with Crippen LogP contribution in [0.5, 0.6) is 0 Å². The summed E-state index contributed by atoms with van der Waals surface area (Å²) in [5.74, 6) is 0. The van der Waals surface area contributed by atoms with Crippen molar-refractivity contribution >= 4 is 0 Å². The van der Waals surface area contributed by atoms with Crippen LogP contribution in [0.3, 0.4) is 0 Å². The molecule has 1 heterocycles. The molecule has 13 heavy (non-hydrogen) atoms. The van der Waals surface area contributed by atoms with E-state index in [0.29, 0.717) is 6.04 Å². The van der Waals surface area contributed by atoms with E-state index in [2.05, 4.69) is 28.7 Å². The van der Waals surface area contributed by atoms with Crippen LogP contribution >= 0.6 is 0 Å². The highest BCUT2D eigenvalue weighted by Gasteiger charge is 2.18. The van der Waals surface area contributed by atoms with Crippen molar-refractivity contribution in [2.75, 3.05) is 0 Å². The normalized spacial score (nSPS) is 17.8. The fourth-order valence-electron chi connectivity index (χ4n) is 1.87. The van der Waals surface area contributed by atoms with Crippen LogP contribution < -0.4 is 0 Å². The van der Waals surface area contributed by atoms with Crippen LogP contribution in [0.2, 0.25) is 0 Å². The lowest BCUT2D eigenvalue weighted by molar-refractivity contribution is 0.491. The lowest BCUT2D eigenvalue weighted by Crippen LogP contribution is -2.13. The molecule has 0 radical (unpaired) electrons. The van der Waals surface area contributed by atoms with Gasteiger partial charge in [-0.3, -0.25) is 0 Å². The summed E-state index contributed by atoms with van der Waals surface area (Å²) in [6.07, 6.45) is 13.2. The van der Waals surface area contributed by atoms with Crippen molar-refractivity contribution in [2.24, 2.45) is 0 Å². The minimum Gasteiger partial charge on any atom is -0.330 e. The van der Waals surface area contributed by atoms with Crippen molar-refractivity contribution in [3.05, 3.63) is 30.4 Å². The molecule has 0 fully saturated rings. The molecule has 0 amide bonds. The molecular weight excluding hydrogens is 160 g/mol. The second kappa shape index (κ2) is 3.77. The molecule has 1 aromatic heterocycles. The van der Waals surface area contributed by atoms with Gasteiger partial charge in [-0.15, -0.1) is 0 Å². The zero-order valence-electron chi connectivity index (χ0n) is 8.11. The molecule has 0 bridgehead atoms. The third-order valence-corrected chi connectivity index (χ3v) is 2.71. The monoisotopic (exact) mass is 176 g/mol. The number of rotatable bonds is 4. The van der Waals surface area contributed by atoms with Gasteiger partial charge in [0, 0.05) is 12.4 Å². The minimum atomic E-state index is 0.584. The van der Waals surface area contributed by atoms with Gasteiger partial charge in [-0.05, 0) is 19.3 Å². The summed E-state index contributed by atoms with van der Waals surface area (Å²) in [6, 6.07) is 0.584. The Balaban J connectivity index is 2.14. The zero-order valence-corrected chi connectivity index (χ0v) is 8.11. The summed E-state index contributed by atoms with van der Waals surface area (Å²) in [4.78, 5) is 4.10. The van der Waals surface area contributed by atoms with E-state index >= 15 is 0 Å². The van der Waals surface area contributed by atoms with E-state index in [1.165, 1.54) is 25.7 Å². The van der Waals surface area contributed by atoms with Crippen molar-refractivity contribution < 1.29 is 0 Å². The van der Waals surface area contributed by atoms with E-state index in [4.69, 9.17) is 0 Å². The summed E-state index contributed by atoms with van der Waals surface area (Å²) in [5, 5.41) is 0. The molecule has 0 N–H and O–H groups in total. The lowest BCUT2D eigenvalue weighted by atomic mass is 9.89. The van der Waals surface area contributed by atoms with Gasteiger partial charge in [-0.25, -0.2) is 4.98 Å². The highest BCUT2D eigenvalue weighted by Crippen LogP contribution is 2.32. The quantitative estimate of drug-likeness (QED) is 0.645. The molecule has 1 atom stereocenters. The van der Waals surface area contributed by atoms with Crippen LogP contribution in [0.4, 0.5) is 0 Å². The van der Waals surface area contributed by atoms with Gasteiger partial charge in [-0.2, -0.15) is 0 Å². The Morgan fingerprint density at radius 2 is 2.46 bits per heavy atom. The Labute approximate surface area is 79.3 Å². The molecule has 1 unspecified atom stereocenters. The van der Waals surface area contributed by atoms with Gasteiger partial charge in [0.15, 0.2) is 0 Å². The van der Waals surface area contributed by atoms with Crippen molar-refractivity contribution in [1.29, 1.82) is 0 Å². The van der Waals surface area contributed by atoms with Crippen molar-refractivity contribution in [1.82, 2.24) is 9.55 Å². The van der Waals surface area contributed by atoms with E-state index < -0.39 is 0 Å². The van der Waals surface area contributed by atoms with Crippen LogP contribution in [0.15, 0.2) is 30.4 Å². The smallest absolute Gasteiger partial charge is 0.0951 e. The molecule has 1 aromatic rings. The number of allylic oxidation sites excluding steroid dienone is 2. The predicted octanol–water partition coefficient (Wildman–Crippen LogP) is 2.94. The first kappa shape index (κ1) is 8.54. The molecule has 2 heteroatoms. The largest absolute Gasteiger partial charge is 0.330 e. The van der Waals surface area contributed by atoms with Gasteiger partial charge in [0.1, 0.15) is 0 Å². The number of hydrogen-bond donors (Lipinski definition) is 0. The summed E-state index contributed by atoms with van der Waals surface area (Å²) in [6.45, 7) is 2.24. The number of nitrogens with zero attached hydrogens (tertiary/aromatic N) is 2. The SMILES string of the molecule is CCCC(C1=CCC1)n1ccnc1. The molecule has 70 valence electrons. The molecule has 0 spiro atoms. The highest BCUT2D eigenvalue weighted by molar-refractivity contribution is 5.18. The standard InChI is InChI=1S/C11H16N2/c1-2-4-11(10-5-3-6-10)13-8-7-12-9-13/h5,7-9,11H,2-4,6H2,1H3. The first-order chi connectivity index (χ1) is 6.42. The molecule has 0 saturated heterocycles. The van der Waals surface area contributed by atoms with Crippen LogP contribution in [0.1, 0.15) is 38.6 Å². The molecule has 1 aliphatic carbocycles. The summed E-state index contributed by atoms with van der Waals surface area (Å²) in [5.41, 5.74) is 1.60. The van der Waals surface area contributed by atoms with E-state index in [1.54, 1.807) is 5.57 Å². The molecule has 2 nitrogen and oxygen atoms in total. The first-order valence-corrected chi connectivity index (χ1v) is 5.08. The van der Waals surface area contributed by atoms with Crippen molar-refractivity contribution in [3.63, 3.8) is 0 Å². The maximum absolute atomic E-state index is 4.10. The summed E-state index contributed by atoms with van der Waals surface area (Å²) < 4.78 is 2.23. The topological polar surface area (TPSA) is 17.8 Å². The molecule has 0 aliphatic heterocycles. The van der Waals surface area contributed by atoms with Crippen LogP contribution in [0, 0.1) is 0 Å². The van der Waals surface area contributed by atoms with E-state index in [0.717, 1.165) is 0 Å². The van der Waals surface area contributed by atoms with Crippen molar-refractivity contribution in [2.45, 2.75) is 38.6 Å². The first-order valence-electron chi connectivity index (χ1n) is 5.08. The number of imidazole rings is 1. The average Bonchev–Trinajstić information content (AvgIpc) is 2.51. The van der Waals surface area contributed by atoms with Gasteiger partial charge in [0.2, 0.25) is 0 Å². The fraction of sp³-hybridized carbons (Fsp3) is 0.545. The zero-order chi connectivity index (χ0) is 9.10. The van der Waals surface area contributed by atoms with Gasteiger partial charge in [-0.1, -0.05) is 25.0 Å². The molecule has 2 rings (SSSR count). The second-order valence-electron chi connectivity index (χ2n) is 3.63. The molecule has 0 saturated carbocycles. The maximum Gasteiger partial charge on any atom is 0.0951 e. The Morgan fingerprint density at radius 1 is 1.62 bits per heavy atom. The average molecular weight is 176 g/mol. The molecule has 0 aromatic carbocycles. The second-order valence-corrected chi connectivity index (χ2v) is 3.63. The Kier molecular flexibility index (Phi) is 2.48. The number of aromatic nitrogens is 2. The van der Waals surface area contributed by atoms with E-state index in [-0.39, 0.29) is 0 Å². The third kappa shape index (κ3) is 1.67. The van der Waals surface area contributed by atoms with Crippen LogP contribution in [-0.4, -0.2) is 9.55 Å². The van der Waals surface area contributed by atoms with Gasteiger partial charge in [0.05, 0.1) is 12.4 Å². The third-order valence-electron chi connectivity index (χ3n) is 2.71. The number of hydrogen-bond acceptors (Lipinski definition) is 1. The highest BCUT2D eigenvalue weighted by atomic mass is 15.1. The minimum absolute atomic E-state index is 0.584. The van der Waals surface area contributed by atoms with Gasteiger partial charge < -0.3 is 4.57 Å². The summed E-state index contributed by atoms with van der Waals surface area (Å²) >= 11 is 0. The molecule has 1 aliphatic rings. The van der Waals surface area contributed by atoms with Gasteiger partial charge in [0.25, 0.3) is 0 Å². The Bertz CT molecular complexity index is 285. The van der Waals surface area contributed by atoms with Crippen molar-refractivity contribution in [3.8, 4) is 0 Å². The summed E-state index contributed by atoms with van der Waals surface area (Å²) in [7, 11) is 0. The Morgan fingerprint density at radius 3 is 2.92 bits per heavy atom. The van der Waals surface area contributed by atoms with Gasteiger partial charge >= 0.3 is 0 Å². The maximum atomic E-state index is 4.10. The predicted molar refractivity (Wildman–Crippen MR) is 53.5 cm³/mol. The molecular formula is C11H16N2. The van der Waals surface area contributed by atoms with E-state index in [1.807, 2.05) is 12.5 Å². The fourth-order valence-corrected chi connectivity index (χ4v) is 1.87.